The number of aliphatic hydroxyl groups is 1. The number of hydrogen-bond donors (Lipinski definition) is 1. The number of rotatable bonds is 5. The summed E-state index contributed by atoms with van der Waals surface area (Å²) in [6.07, 6.45) is 0.204. The first-order valence-electron chi connectivity index (χ1n) is 7.99. The van der Waals surface area contributed by atoms with Crippen LogP contribution in [-0.4, -0.2) is 36.9 Å². The van der Waals surface area contributed by atoms with Crippen molar-refractivity contribution < 1.29 is 19.0 Å². The summed E-state index contributed by atoms with van der Waals surface area (Å²) in [5.74, 6) is 1.11. The number of β-amino-alcohol motifs (C(OH)–C–C–N with tert-alkyl or cyclic N) is 1. The maximum absolute atomic E-state index is 13.5. The molecule has 1 saturated heterocycles. The molecule has 1 heterocycles. The summed E-state index contributed by atoms with van der Waals surface area (Å²) in [7, 11) is 3.21. The number of benzene rings is 2. The van der Waals surface area contributed by atoms with Crippen molar-refractivity contribution in [1.29, 1.82) is 0 Å². The zero-order chi connectivity index (χ0) is 17.1. The third-order valence-corrected chi connectivity index (χ3v) is 4.45. The first kappa shape index (κ1) is 16.7. The van der Waals surface area contributed by atoms with E-state index in [2.05, 4.69) is 4.90 Å². The lowest BCUT2D eigenvalue weighted by Crippen LogP contribution is -2.24. The van der Waals surface area contributed by atoms with Crippen LogP contribution in [0.4, 0.5) is 4.39 Å². The van der Waals surface area contributed by atoms with Crippen LogP contribution in [-0.2, 0) is 6.54 Å². The molecule has 2 aromatic carbocycles. The molecule has 1 aliphatic heterocycles. The molecule has 128 valence electrons. The van der Waals surface area contributed by atoms with Gasteiger partial charge >= 0.3 is 0 Å². The van der Waals surface area contributed by atoms with Gasteiger partial charge in [0.1, 0.15) is 5.82 Å². The van der Waals surface area contributed by atoms with Crippen LogP contribution in [0.1, 0.15) is 23.6 Å². The number of nitrogens with zero attached hydrogens (tertiary/aromatic N) is 1. The molecule has 0 aromatic heterocycles. The monoisotopic (exact) mass is 331 g/mol. The minimum atomic E-state index is -0.404. The zero-order valence-corrected chi connectivity index (χ0v) is 13.9. The Labute approximate surface area is 141 Å². The van der Waals surface area contributed by atoms with Gasteiger partial charge in [0.2, 0.25) is 0 Å². The molecule has 0 bridgehead atoms. The molecule has 3 rings (SSSR count). The van der Waals surface area contributed by atoms with Gasteiger partial charge in [-0.05, 0) is 41.8 Å². The summed E-state index contributed by atoms with van der Waals surface area (Å²) in [5, 5.41) is 10.1. The van der Waals surface area contributed by atoms with E-state index in [1.54, 1.807) is 26.4 Å². The lowest BCUT2D eigenvalue weighted by atomic mass is 10.0. The van der Waals surface area contributed by atoms with Crippen molar-refractivity contribution in [2.75, 3.05) is 20.8 Å². The third kappa shape index (κ3) is 3.52. The van der Waals surface area contributed by atoms with Crippen LogP contribution in [0.15, 0.2) is 42.5 Å². The predicted molar refractivity (Wildman–Crippen MR) is 89.7 cm³/mol. The van der Waals surface area contributed by atoms with Gasteiger partial charge in [-0.3, -0.25) is 4.90 Å². The summed E-state index contributed by atoms with van der Waals surface area (Å²) in [6, 6.07) is 12.4. The highest BCUT2D eigenvalue weighted by Crippen LogP contribution is 2.35. The van der Waals surface area contributed by atoms with E-state index >= 15 is 0 Å². The lowest BCUT2D eigenvalue weighted by Gasteiger charge is -2.25. The molecule has 5 heteroatoms. The van der Waals surface area contributed by atoms with Gasteiger partial charge in [0.15, 0.2) is 11.5 Å². The van der Waals surface area contributed by atoms with Crippen LogP contribution in [0.3, 0.4) is 0 Å². The van der Waals surface area contributed by atoms with Gasteiger partial charge in [-0.15, -0.1) is 0 Å². The van der Waals surface area contributed by atoms with Crippen molar-refractivity contribution in [3.8, 4) is 11.5 Å². The van der Waals surface area contributed by atoms with Gasteiger partial charge < -0.3 is 14.6 Å². The van der Waals surface area contributed by atoms with Crippen molar-refractivity contribution in [1.82, 2.24) is 4.90 Å². The van der Waals surface area contributed by atoms with Gasteiger partial charge in [0.05, 0.1) is 20.3 Å². The van der Waals surface area contributed by atoms with E-state index in [4.69, 9.17) is 9.47 Å². The van der Waals surface area contributed by atoms with E-state index in [1.807, 2.05) is 24.3 Å². The lowest BCUT2D eigenvalue weighted by molar-refractivity contribution is 0.172. The highest BCUT2D eigenvalue weighted by Gasteiger charge is 2.32. The first-order valence-corrected chi connectivity index (χ1v) is 7.99. The van der Waals surface area contributed by atoms with Gasteiger partial charge in [0, 0.05) is 19.1 Å². The van der Waals surface area contributed by atoms with Gasteiger partial charge in [-0.2, -0.15) is 0 Å². The molecule has 0 saturated carbocycles. The molecule has 0 amide bonds. The number of hydrogen-bond acceptors (Lipinski definition) is 4. The number of likely N-dealkylation sites (tertiary alicyclic amines) is 1. The standard InChI is InChI=1S/C19H22FNO3/c1-23-18-7-6-13(8-19(18)24-2)11-21-12-16(22)10-17(21)14-4-3-5-15(20)9-14/h3-9,16-17,22H,10-12H2,1-2H3/t16-,17+/m0/s1. The number of ether oxygens (including phenoxy) is 2. The van der Waals surface area contributed by atoms with Crippen LogP contribution in [0, 0.1) is 5.82 Å². The summed E-state index contributed by atoms with van der Waals surface area (Å²) in [6.45, 7) is 1.22. The second-order valence-corrected chi connectivity index (χ2v) is 6.08. The first-order chi connectivity index (χ1) is 11.6. The van der Waals surface area contributed by atoms with Gasteiger partial charge in [-0.25, -0.2) is 4.39 Å². The topological polar surface area (TPSA) is 41.9 Å². The Bertz CT molecular complexity index is 707. The van der Waals surface area contributed by atoms with Crippen LogP contribution >= 0.6 is 0 Å². The Hall–Kier alpha value is -2.11. The Kier molecular flexibility index (Phi) is 5.02. The molecule has 2 aromatic rings. The maximum Gasteiger partial charge on any atom is 0.161 e. The molecule has 24 heavy (non-hydrogen) atoms. The zero-order valence-electron chi connectivity index (χ0n) is 13.9. The summed E-state index contributed by atoms with van der Waals surface area (Å²) < 4.78 is 24.2. The maximum atomic E-state index is 13.5. The predicted octanol–water partition coefficient (Wildman–Crippen LogP) is 3.15. The largest absolute Gasteiger partial charge is 0.493 e. The van der Waals surface area contributed by atoms with Crippen LogP contribution in [0.25, 0.3) is 0 Å². The summed E-state index contributed by atoms with van der Waals surface area (Å²) >= 11 is 0. The van der Waals surface area contributed by atoms with E-state index in [0.29, 0.717) is 31.0 Å². The second kappa shape index (κ2) is 7.20. The Morgan fingerprint density at radius 1 is 1.12 bits per heavy atom. The Morgan fingerprint density at radius 3 is 2.62 bits per heavy atom. The van der Waals surface area contributed by atoms with Gasteiger partial charge in [0.25, 0.3) is 0 Å². The van der Waals surface area contributed by atoms with Crippen molar-refractivity contribution in [3.05, 3.63) is 59.4 Å². The van der Waals surface area contributed by atoms with Crippen molar-refractivity contribution in [3.63, 3.8) is 0 Å². The molecule has 1 N–H and O–H groups in total. The molecule has 0 aliphatic carbocycles. The SMILES string of the molecule is COc1ccc(CN2C[C@@H](O)C[C@@H]2c2cccc(F)c2)cc1OC. The molecular formula is C19H22FNO3. The fraction of sp³-hybridized carbons (Fsp3) is 0.368. The minimum Gasteiger partial charge on any atom is -0.493 e. The fourth-order valence-electron chi connectivity index (χ4n) is 3.33. The Balaban J connectivity index is 1.82. The molecule has 0 unspecified atom stereocenters. The van der Waals surface area contributed by atoms with E-state index < -0.39 is 6.10 Å². The average Bonchev–Trinajstić information content (AvgIpc) is 2.95. The molecule has 1 aliphatic rings. The van der Waals surface area contributed by atoms with E-state index in [0.717, 1.165) is 11.1 Å². The molecule has 2 atom stereocenters. The Morgan fingerprint density at radius 2 is 1.92 bits per heavy atom. The minimum absolute atomic E-state index is 0.00352. The average molecular weight is 331 g/mol. The molecule has 4 nitrogen and oxygen atoms in total. The normalized spacial score (nSPS) is 21.0. The molecular weight excluding hydrogens is 309 g/mol. The smallest absolute Gasteiger partial charge is 0.161 e. The van der Waals surface area contributed by atoms with Gasteiger partial charge in [-0.1, -0.05) is 18.2 Å². The number of aliphatic hydroxyl groups excluding tert-OH is 1. The number of methoxy groups -OCH3 is 2. The summed E-state index contributed by atoms with van der Waals surface area (Å²) in [4.78, 5) is 2.17. The van der Waals surface area contributed by atoms with Crippen LogP contribution in [0.5, 0.6) is 11.5 Å². The molecule has 0 radical (unpaired) electrons. The van der Waals surface area contributed by atoms with Crippen LogP contribution < -0.4 is 9.47 Å². The third-order valence-electron chi connectivity index (χ3n) is 4.45. The van der Waals surface area contributed by atoms with Crippen molar-refractivity contribution in [2.45, 2.75) is 25.1 Å². The van der Waals surface area contributed by atoms with E-state index in [-0.39, 0.29) is 11.9 Å². The van der Waals surface area contributed by atoms with Crippen LogP contribution in [0.2, 0.25) is 0 Å². The van der Waals surface area contributed by atoms with E-state index in [9.17, 15) is 9.50 Å². The fourth-order valence-corrected chi connectivity index (χ4v) is 3.33. The quantitative estimate of drug-likeness (QED) is 0.914. The second-order valence-electron chi connectivity index (χ2n) is 6.08. The van der Waals surface area contributed by atoms with E-state index in [1.165, 1.54) is 6.07 Å². The summed E-state index contributed by atoms with van der Waals surface area (Å²) in [5.41, 5.74) is 1.95. The molecule has 0 spiro atoms. The highest BCUT2D eigenvalue weighted by molar-refractivity contribution is 5.43. The molecule has 1 fully saturated rings. The van der Waals surface area contributed by atoms with Crippen molar-refractivity contribution in [2.24, 2.45) is 0 Å². The van der Waals surface area contributed by atoms with Crippen molar-refractivity contribution >= 4 is 0 Å². The highest BCUT2D eigenvalue weighted by atomic mass is 19.1. The number of halogens is 1.